The van der Waals surface area contributed by atoms with E-state index in [-0.39, 0.29) is 12.5 Å². The van der Waals surface area contributed by atoms with E-state index in [0.29, 0.717) is 18.0 Å². The summed E-state index contributed by atoms with van der Waals surface area (Å²) >= 11 is 0. The largest absolute Gasteiger partial charge is 0.484 e. The van der Waals surface area contributed by atoms with Crippen LogP contribution < -0.4 is 15.4 Å². The summed E-state index contributed by atoms with van der Waals surface area (Å²) in [7, 11) is 0. The normalized spacial score (nSPS) is 13.1. The van der Waals surface area contributed by atoms with Crippen molar-refractivity contribution in [3.05, 3.63) is 53.6 Å². The van der Waals surface area contributed by atoms with Crippen LogP contribution in [0, 0.1) is 6.92 Å². The molecule has 2 N–H and O–H groups in total. The van der Waals surface area contributed by atoms with Crippen LogP contribution >= 0.6 is 0 Å². The van der Waals surface area contributed by atoms with Gasteiger partial charge in [0.05, 0.1) is 0 Å². The van der Waals surface area contributed by atoms with E-state index in [0.717, 1.165) is 23.2 Å². The van der Waals surface area contributed by atoms with Gasteiger partial charge in [0.1, 0.15) is 5.75 Å². The average Bonchev–Trinajstić information content (AvgIpc) is 2.89. The van der Waals surface area contributed by atoms with Gasteiger partial charge < -0.3 is 15.4 Å². The maximum atomic E-state index is 12.3. The number of rotatable bonds is 3. The number of fused-ring (bicyclic) bond motifs is 1. The van der Waals surface area contributed by atoms with Crippen LogP contribution in [-0.2, 0) is 11.2 Å². The highest BCUT2D eigenvalue weighted by Gasteiger charge is 2.24. The number of aryl methyl sites for hydroxylation is 1. The van der Waals surface area contributed by atoms with Crippen LogP contribution in [0.15, 0.2) is 42.5 Å². The molecule has 1 amide bonds. The van der Waals surface area contributed by atoms with Crippen LogP contribution in [0.25, 0.3) is 0 Å². The standard InChI is InChI=1S/C17H18N2O2/c1-12-2-6-15(7-3-12)21-11-17(20)19-9-8-13-4-5-14(18)10-16(13)19/h2-7,10H,8-9,11,18H2,1H3. The smallest absolute Gasteiger partial charge is 0.264 e. The Balaban J connectivity index is 1.67. The number of hydrogen-bond donors (Lipinski definition) is 1. The van der Waals surface area contributed by atoms with Crippen molar-refractivity contribution in [2.75, 3.05) is 23.8 Å². The zero-order chi connectivity index (χ0) is 14.8. The van der Waals surface area contributed by atoms with Crippen molar-refractivity contribution in [1.29, 1.82) is 0 Å². The molecule has 2 aromatic rings. The maximum Gasteiger partial charge on any atom is 0.264 e. The molecule has 0 radical (unpaired) electrons. The Morgan fingerprint density at radius 3 is 2.76 bits per heavy atom. The van der Waals surface area contributed by atoms with Crippen LogP contribution in [0.5, 0.6) is 5.75 Å². The van der Waals surface area contributed by atoms with Crippen molar-refractivity contribution in [3.8, 4) is 5.75 Å². The SMILES string of the molecule is Cc1ccc(OCC(=O)N2CCc3ccc(N)cc32)cc1. The summed E-state index contributed by atoms with van der Waals surface area (Å²) in [6, 6.07) is 13.4. The third kappa shape index (κ3) is 2.84. The molecule has 0 bridgehead atoms. The molecule has 1 aliphatic rings. The molecule has 0 saturated carbocycles. The lowest BCUT2D eigenvalue weighted by molar-refractivity contribution is -0.120. The monoisotopic (exact) mass is 282 g/mol. The number of nitrogens with zero attached hydrogens (tertiary/aromatic N) is 1. The molecular weight excluding hydrogens is 264 g/mol. The molecule has 2 aromatic carbocycles. The van der Waals surface area contributed by atoms with Gasteiger partial charge in [-0.3, -0.25) is 4.79 Å². The number of nitrogen functional groups attached to an aromatic ring is 1. The van der Waals surface area contributed by atoms with Crippen molar-refractivity contribution in [2.45, 2.75) is 13.3 Å². The lowest BCUT2D eigenvalue weighted by Gasteiger charge is -2.18. The Bertz CT molecular complexity index is 665. The van der Waals surface area contributed by atoms with Crippen molar-refractivity contribution in [2.24, 2.45) is 0 Å². The Morgan fingerprint density at radius 1 is 1.24 bits per heavy atom. The quantitative estimate of drug-likeness (QED) is 0.880. The van der Waals surface area contributed by atoms with Gasteiger partial charge in [0, 0.05) is 17.9 Å². The van der Waals surface area contributed by atoms with Gasteiger partial charge in [-0.15, -0.1) is 0 Å². The maximum absolute atomic E-state index is 12.3. The number of anilines is 2. The van der Waals surface area contributed by atoms with Crippen LogP contribution in [0.3, 0.4) is 0 Å². The zero-order valence-corrected chi connectivity index (χ0v) is 12.0. The molecule has 0 aromatic heterocycles. The second-order valence-corrected chi connectivity index (χ2v) is 5.29. The van der Waals surface area contributed by atoms with Gasteiger partial charge >= 0.3 is 0 Å². The predicted octanol–water partition coefficient (Wildman–Crippen LogP) is 2.55. The van der Waals surface area contributed by atoms with E-state index in [9.17, 15) is 4.79 Å². The number of hydrogen-bond acceptors (Lipinski definition) is 3. The van der Waals surface area contributed by atoms with Crippen molar-refractivity contribution in [3.63, 3.8) is 0 Å². The van der Waals surface area contributed by atoms with E-state index in [4.69, 9.17) is 10.5 Å². The van der Waals surface area contributed by atoms with E-state index in [2.05, 4.69) is 0 Å². The summed E-state index contributed by atoms with van der Waals surface area (Å²) in [4.78, 5) is 14.1. The fourth-order valence-electron chi connectivity index (χ4n) is 2.51. The number of amides is 1. The number of ether oxygens (including phenoxy) is 1. The first-order valence-electron chi connectivity index (χ1n) is 7.02. The molecule has 0 spiro atoms. The first-order valence-corrected chi connectivity index (χ1v) is 7.02. The molecule has 1 heterocycles. The fourth-order valence-corrected chi connectivity index (χ4v) is 2.51. The second kappa shape index (κ2) is 5.48. The van der Waals surface area contributed by atoms with E-state index >= 15 is 0 Å². The van der Waals surface area contributed by atoms with Gasteiger partial charge in [0.2, 0.25) is 0 Å². The Labute approximate surface area is 124 Å². The molecule has 1 aliphatic heterocycles. The predicted molar refractivity (Wildman–Crippen MR) is 83.6 cm³/mol. The highest BCUT2D eigenvalue weighted by atomic mass is 16.5. The third-order valence-corrected chi connectivity index (χ3v) is 3.69. The lowest BCUT2D eigenvalue weighted by Crippen LogP contribution is -2.33. The number of benzene rings is 2. The van der Waals surface area contributed by atoms with Crippen molar-refractivity contribution >= 4 is 17.3 Å². The molecule has 0 fully saturated rings. The van der Waals surface area contributed by atoms with Gasteiger partial charge in [-0.05, 0) is 43.2 Å². The number of nitrogens with two attached hydrogens (primary N) is 1. The summed E-state index contributed by atoms with van der Waals surface area (Å²) in [5.74, 6) is 0.667. The zero-order valence-electron chi connectivity index (χ0n) is 12.0. The number of carbonyl (C=O) groups is 1. The Kier molecular flexibility index (Phi) is 3.52. The van der Waals surface area contributed by atoms with Crippen LogP contribution in [0.2, 0.25) is 0 Å². The molecule has 4 heteroatoms. The minimum Gasteiger partial charge on any atom is -0.484 e. The fraction of sp³-hybridized carbons (Fsp3) is 0.235. The van der Waals surface area contributed by atoms with E-state index in [1.54, 1.807) is 4.90 Å². The molecular formula is C17H18N2O2. The van der Waals surface area contributed by atoms with Crippen molar-refractivity contribution in [1.82, 2.24) is 0 Å². The van der Waals surface area contributed by atoms with Gasteiger partial charge in [0.15, 0.2) is 6.61 Å². The summed E-state index contributed by atoms with van der Waals surface area (Å²) in [5.41, 5.74) is 9.71. The molecule has 3 rings (SSSR count). The summed E-state index contributed by atoms with van der Waals surface area (Å²) in [6.07, 6.45) is 0.867. The Morgan fingerprint density at radius 2 is 2.00 bits per heavy atom. The van der Waals surface area contributed by atoms with E-state index in [1.165, 1.54) is 0 Å². The minimum atomic E-state index is -0.0417. The molecule has 21 heavy (non-hydrogen) atoms. The summed E-state index contributed by atoms with van der Waals surface area (Å²) < 4.78 is 5.56. The van der Waals surface area contributed by atoms with Crippen molar-refractivity contribution < 1.29 is 9.53 Å². The third-order valence-electron chi connectivity index (χ3n) is 3.69. The summed E-state index contributed by atoms with van der Waals surface area (Å²) in [6.45, 7) is 2.74. The van der Waals surface area contributed by atoms with Crippen LogP contribution in [0.1, 0.15) is 11.1 Å². The average molecular weight is 282 g/mol. The van der Waals surface area contributed by atoms with Gasteiger partial charge in [-0.1, -0.05) is 23.8 Å². The topological polar surface area (TPSA) is 55.6 Å². The summed E-state index contributed by atoms with van der Waals surface area (Å²) in [5, 5.41) is 0. The van der Waals surface area contributed by atoms with E-state index < -0.39 is 0 Å². The Hall–Kier alpha value is -2.49. The van der Waals surface area contributed by atoms with Crippen LogP contribution in [-0.4, -0.2) is 19.1 Å². The van der Waals surface area contributed by atoms with Gasteiger partial charge in [0.25, 0.3) is 5.91 Å². The number of carbonyl (C=O) groups excluding carboxylic acids is 1. The van der Waals surface area contributed by atoms with Gasteiger partial charge in [-0.25, -0.2) is 0 Å². The highest BCUT2D eigenvalue weighted by Crippen LogP contribution is 2.30. The van der Waals surface area contributed by atoms with Crippen LogP contribution in [0.4, 0.5) is 11.4 Å². The molecule has 0 unspecified atom stereocenters. The minimum absolute atomic E-state index is 0.0390. The highest BCUT2D eigenvalue weighted by molar-refractivity contribution is 5.97. The first-order chi connectivity index (χ1) is 10.1. The lowest BCUT2D eigenvalue weighted by atomic mass is 10.1. The molecule has 0 saturated heterocycles. The second-order valence-electron chi connectivity index (χ2n) is 5.29. The van der Waals surface area contributed by atoms with Gasteiger partial charge in [-0.2, -0.15) is 0 Å². The molecule has 4 nitrogen and oxygen atoms in total. The first kappa shape index (κ1) is 13.5. The van der Waals surface area contributed by atoms with E-state index in [1.807, 2.05) is 49.4 Å². The molecule has 0 aliphatic carbocycles. The molecule has 0 atom stereocenters. The molecule has 108 valence electrons.